The van der Waals surface area contributed by atoms with Crippen molar-refractivity contribution in [1.29, 1.82) is 0 Å². The Hall–Kier alpha value is -1.91. The molecule has 5 heteroatoms. The number of nitrogens with zero attached hydrogens (tertiary/aromatic N) is 3. The topological polar surface area (TPSA) is 36.4 Å². The summed E-state index contributed by atoms with van der Waals surface area (Å²) in [5.41, 5.74) is 3.26. The number of amides is 1. The van der Waals surface area contributed by atoms with Gasteiger partial charge in [0.1, 0.15) is 0 Å². The van der Waals surface area contributed by atoms with Crippen LogP contribution in [0.3, 0.4) is 0 Å². The molecule has 2 aromatic rings. The van der Waals surface area contributed by atoms with Crippen molar-refractivity contribution in [2.24, 2.45) is 0 Å². The number of hydrogen-bond acceptors (Lipinski definition) is 3. The van der Waals surface area contributed by atoms with Crippen LogP contribution in [0.1, 0.15) is 35.7 Å². The van der Waals surface area contributed by atoms with Gasteiger partial charge in [0.15, 0.2) is 0 Å². The molecule has 1 atom stereocenters. The second-order valence-corrected chi connectivity index (χ2v) is 7.59. The van der Waals surface area contributed by atoms with Crippen LogP contribution in [-0.2, 0) is 11.2 Å². The van der Waals surface area contributed by atoms with Gasteiger partial charge in [-0.15, -0.1) is 0 Å². The summed E-state index contributed by atoms with van der Waals surface area (Å²) in [6.07, 6.45) is 2.96. The van der Waals surface area contributed by atoms with E-state index in [1.54, 1.807) is 4.90 Å². The zero-order chi connectivity index (χ0) is 18.5. The number of aromatic nitrogens is 1. The summed E-state index contributed by atoms with van der Waals surface area (Å²) in [5, 5.41) is 0.783. The SMILES string of the molecule is CN(C)C(=O)CN1CCC[C@@H](c2cccc(Cc3ccccc3Cl)n2)C1. The summed E-state index contributed by atoms with van der Waals surface area (Å²) in [5.74, 6) is 0.538. The summed E-state index contributed by atoms with van der Waals surface area (Å²) in [6.45, 7) is 2.36. The van der Waals surface area contributed by atoms with Crippen molar-refractivity contribution in [2.45, 2.75) is 25.2 Å². The fourth-order valence-corrected chi connectivity index (χ4v) is 3.64. The molecular formula is C21H26ClN3O. The van der Waals surface area contributed by atoms with Gasteiger partial charge in [0.05, 0.1) is 6.54 Å². The lowest BCUT2D eigenvalue weighted by molar-refractivity contribution is -0.130. The molecule has 26 heavy (non-hydrogen) atoms. The maximum atomic E-state index is 12.0. The van der Waals surface area contributed by atoms with Crippen molar-refractivity contribution in [3.63, 3.8) is 0 Å². The minimum absolute atomic E-state index is 0.158. The third-order valence-corrected chi connectivity index (χ3v) is 5.31. The molecule has 0 aliphatic carbocycles. The number of likely N-dealkylation sites (tertiary alicyclic amines) is 1. The molecule has 1 saturated heterocycles. The minimum Gasteiger partial charge on any atom is -0.348 e. The molecule has 0 spiro atoms. The van der Waals surface area contributed by atoms with E-state index in [0.29, 0.717) is 12.5 Å². The van der Waals surface area contributed by atoms with Crippen LogP contribution in [-0.4, -0.2) is 54.4 Å². The van der Waals surface area contributed by atoms with E-state index < -0.39 is 0 Å². The maximum absolute atomic E-state index is 12.0. The second-order valence-electron chi connectivity index (χ2n) is 7.18. The first kappa shape index (κ1) is 18.9. The van der Waals surface area contributed by atoms with Crippen molar-refractivity contribution in [3.8, 4) is 0 Å². The van der Waals surface area contributed by atoms with Gasteiger partial charge < -0.3 is 4.90 Å². The molecule has 4 nitrogen and oxygen atoms in total. The van der Waals surface area contributed by atoms with E-state index in [2.05, 4.69) is 23.1 Å². The summed E-state index contributed by atoms with van der Waals surface area (Å²) >= 11 is 6.29. The molecular weight excluding hydrogens is 346 g/mol. The standard InChI is InChI=1S/C21H26ClN3O/c1-24(2)21(26)15-25-12-6-8-17(14-25)20-11-5-9-18(23-20)13-16-7-3-4-10-19(16)22/h3-5,7,9-11,17H,6,8,12-15H2,1-2H3/t17-/m1/s1. The predicted octanol–water partition coefficient (Wildman–Crippen LogP) is 3.59. The molecule has 3 rings (SSSR count). The van der Waals surface area contributed by atoms with Gasteiger partial charge in [-0.1, -0.05) is 35.9 Å². The maximum Gasteiger partial charge on any atom is 0.236 e. The van der Waals surface area contributed by atoms with Crippen molar-refractivity contribution in [1.82, 2.24) is 14.8 Å². The average molecular weight is 372 g/mol. The van der Waals surface area contributed by atoms with Crippen LogP contribution in [0.15, 0.2) is 42.5 Å². The Bertz CT molecular complexity index is 762. The van der Waals surface area contributed by atoms with E-state index in [1.807, 2.05) is 38.4 Å². The second kappa shape index (κ2) is 8.65. The Morgan fingerprint density at radius 2 is 2.04 bits per heavy atom. The molecule has 138 valence electrons. The Kier molecular flexibility index (Phi) is 6.28. The Balaban J connectivity index is 1.69. The molecule has 1 fully saturated rings. The van der Waals surface area contributed by atoms with Crippen LogP contribution in [0.4, 0.5) is 0 Å². The zero-order valence-corrected chi connectivity index (χ0v) is 16.2. The van der Waals surface area contributed by atoms with Gasteiger partial charge in [-0.2, -0.15) is 0 Å². The number of piperidine rings is 1. The van der Waals surface area contributed by atoms with Gasteiger partial charge >= 0.3 is 0 Å². The van der Waals surface area contributed by atoms with Gasteiger partial charge in [-0.05, 0) is 43.1 Å². The highest BCUT2D eigenvalue weighted by atomic mass is 35.5. The number of halogens is 1. The quantitative estimate of drug-likeness (QED) is 0.805. The summed E-state index contributed by atoms with van der Waals surface area (Å²) < 4.78 is 0. The largest absolute Gasteiger partial charge is 0.348 e. The van der Waals surface area contributed by atoms with Crippen molar-refractivity contribution < 1.29 is 4.79 Å². The van der Waals surface area contributed by atoms with Crippen LogP contribution >= 0.6 is 11.6 Å². The van der Waals surface area contributed by atoms with Crippen molar-refractivity contribution >= 4 is 17.5 Å². The molecule has 0 radical (unpaired) electrons. The van der Waals surface area contributed by atoms with Crippen LogP contribution in [0, 0.1) is 0 Å². The minimum atomic E-state index is 0.158. The lowest BCUT2D eigenvalue weighted by Crippen LogP contribution is -2.41. The highest BCUT2D eigenvalue weighted by molar-refractivity contribution is 6.31. The van der Waals surface area contributed by atoms with Gasteiger partial charge in [0.25, 0.3) is 0 Å². The fraction of sp³-hybridized carbons (Fsp3) is 0.429. The molecule has 0 unspecified atom stereocenters. The van der Waals surface area contributed by atoms with Crippen LogP contribution in [0.2, 0.25) is 5.02 Å². The van der Waals surface area contributed by atoms with E-state index in [1.165, 1.54) is 0 Å². The first-order valence-electron chi connectivity index (χ1n) is 9.14. The molecule has 1 aromatic heterocycles. The smallest absolute Gasteiger partial charge is 0.236 e. The van der Waals surface area contributed by atoms with Gasteiger partial charge in [-0.3, -0.25) is 14.7 Å². The van der Waals surface area contributed by atoms with E-state index in [4.69, 9.17) is 16.6 Å². The predicted molar refractivity (Wildman–Crippen MR) is 106 cm³/mol. The number of carbonyl (C=O) groups is 1. The molecule has 1 aliphatic rings. The molecule has 0 bridgehead atoms. The van der Waals surface area contributed by atoms with E-state index in [-0.39, 0.29) is 5.91 Å². The first-order chi connectivity index (χ1) is 12.5. The molecule has 1 aromatic carbocycles. The molecule has 0 N–H and O–H groups in total. The monoisotopic (exact) mass is 371 g/mol. The molecule has 1 aliphatic heterocycles. The number of pyridine rings is 1. The van der Waals surface area contributed by atoms with E-state index >= 15 is 0 Å². The highest BCUT2D eigenvalue weighted by Crippen LogP contribution is 2.26. The van der Waals surface area contributed by atoms with E-state index in [9.17, 15) is 4.79 Å². The van der Waals surface area contributed by atoms with Crippen LogP contribution < -0.4 is 0 Å². The third-order valence-electron chi connectivity index (χ3n) is 4.94. The fourth-order valence-electron chi connectivity index (χ4n) is 3.43. The van der Waals surface area contributed by atoms with Gasteiger partial charge in [0.2, 0.25) is 5.91 Å². The van der Waals surface area contributed by atoms with Crippen molar-refractivity contribution in [3.05, 3.63) is 64.4 Å². The lowest BCUT2D eigenvalue weighted by Gasteiger charge is -2.32. The molecule has 1 amide bonds. The summed E-state index contributed by atoms with van der Waals surface area (Å²) in [7, 11) is 3.62. The number of hydrogen-bond donors (Lipinski definition) is 0. The zero-order valence-electron chi connectivity index (χ0n) is 15.5. The first-order valence-corrected chi connectivity index (χ1v) is 9.52. The normalized spacial score (nSPS) is 17.9. The summed E-state index contributed by atoms with van der Waals surface area (Å²) in [6, 6.07) is 14.2. The third kappa shape index (κ3) is 4.83. The Morgan fingerprint density at radius 1 is 1.23 bits per heavy atom. The van der Waals surface area contributed by atoms with Crippen LogP contribution in [0.5, 0.6) is 0 Å². The lowest BCUT2D eigenvalue weighted by atomic mass is 9.94. The molecule has 0 saturated carbocycles. The van der Waals surface area contributed by atoms with Gasteiger partial charge in [-0.25, -0.2) is 0 Å². The number of carbonyl (C=O) groups excluding carboxylic acids is 1. The Morgan fingerprint density at radius 3 is 2.81 bits per heavy atom. The van der Waals surface area contributed by atoms with Gasteiger partial charge in [0, 0.05) is 49.4 Å². The number of rotatable bonds is 5. The summed E-state index contributed by atoms with van der Waals surface area (Å²) in [4.78, 5) is 20.8. The van der Waals surface area contributed by atoms with Crippen LogP contribution in [0.25, 0.3) is 0 Å². The molecule has 2 heterocycles. The Labute approximate surface area is 160 Å². The number of likely N-dealkylation sites (N-methyl/N-ethyl adjacent to an activating group) is 1. The average Bonchev–Trinajstić information content (AvgIpc) is 2.64. The highest BCUT2D eigenvalue weighted by Gasteiger charge is 2.24. The van der Waals surface area contributed by atoms with Crippen molar-refractivity contribution in [2.75, 3.05) is 33.7 Å². The number of benzene rings is 1. The van der Waals surface area contributed by atoms with E-state index in [0.717, 1.165) is 54.3 Å².